The number of ether oxygens (including phenoxy) is 1. The number of likely N-dealkylation sites (tertiary alicyclic amines) is 1. The van der Waals surface area contributed by atoms with Crippen molar-refractivity contribution in [1.82, 2.24) is 20.1 Å². The molecule has 22 heavy (non-hydrogen) atoms. The maximum atomic E-state index is 12.3. The van der Waals surface area contributed by atoms with Gasteiger partial charge in [0.15, 0.2) is 0 Å². The first-order valence-electron chi connectivity index (χ1n) is 6.75. The highest BCUT2D eigenvalue weighted by atomic mass is 79.9. The van der Waals surface area contributed by atoms with Crippen molar-refractivity contribution in [2.45, 2.75) is 12.5 Å². The van der Waals surface area contributed by atoms with Crippen molar-refractivity contribution in [1.29, 1.82) is 0 Å². The maximum absolute atomic E-state index is 12.3. The highest BCUT2D eigenvalue weighted by molar-refractivity contribution is 9.10. The summed E-state index contributed by atoms with van der Waals surface area (Å²) in [7, 11) is 0. The quantitative estimate of drug-likeness (QED) is 0.884. The minimum absolute atomic E-state index is 0.113. The summed E-state index contributed by atoms with van der Waals surface area (Å²) >= 11 is 3.38. The number of nitrogens with one attached hydrogen (secondary N) is 1. The van der Waals surface area contributed by atoms with Crippen LogP contribution in [0.2, 0.25) is 0 Å². The van der Waals surface area contributed by atoms with Crippen LogP contribution in [0.1, 0.15) is 16.9 Å². The van der Waals surface area contributed by atoms with Gasteiger partial charge in [-0.05, 0) is 34.1 Å². The second-order valence-corrected chi connectivity index (χ2v) is 5.73. The fraction of sp³-hybridized carbons (Fsp3) is 0.286. The first-order chi connectivity index (χ1) is 10.6. The molecular formula is C14H13BrN4O3. The minimum atomic E-state index is -0.334. The van der Waals surface area contributed by atoms with Crippen LogP contribution in [0.15, 0.2) is 39.7 Å². The van der Waals surface area contributed by atoms with Gasteiger partial charge in [0.1, 0.15) is 11.8 Å². The highest BCUT2D eigenvalue weighted by Crippen LogP contribution is 2.24. The molecule has 1 aliphatic rings. The summed E-state index contributed by atoms with van der Waals surface area (Å²) in [5.41, 5.74) is -0.113. The number of halogens is 1. The summed E-state index contributed by atoms with van der Waals surface area (Å²) in [6.07, 6.45) is 2.26. The standard InChI is InChI=1S/C14H13BrN4O3/c15-10-2-1-6-16-13(10)22-9-5-7-19(8-9)14(21)11-3-4-12(20)18-17-11/h1-4,6,9H,5,7-8H2,(H,18,20). The second-order valence-electron chi connectivity index (χ2n) is 4.88. The molecule has 2 aromatic heterocycles. The fourth-order valence-corrected chi connectivity index (χ4v) is 2.60. The Morgan fingerprint density at radius 2 is 2.27 bits per heavy atom. The lowest BCUT2D eigenvalue weighted by Gasteiger charge is -2.16. The molecule has 1 saturated heterocycles. The van der Waals surface area contributed by atoms with E-state index < -0.39 is 0 Å². The fourth-order valence-electron chi connectivity index (χ4n) is 2.25. The third-order valence-electron chi connectivity index (χ3n) is 3.33. The molecule has 8 heteroatoms. The van der Waals surface area contributed by atoms with Gasteiger partial charge in [-0.25, -0.2) is 10.1 Å². The van der Waals surface area contributed by atoms with Crippen molar-refractivity contribution in [2.75, 3.05) is 13.1 Å². The van der Waals surface area contributed by atoms with E-state index in [1.54, 1.807) is 11.1 Å². The van der Waals surface area contributed by atoms with Gasteiger partial charge in [0, 0.05) is 25.2 Å². The largest absolute Gasteiger partial charge is 0.472 e. The molecule has 0 bridgehead atoms. The monoisotopic (exact) mass is 364 g/mol. The van der Waals surface area contributed by atoms with Gasteiger partial charge in [0.25, 0.3) is 11.5 Å². The molecule has 0 aliphatic carbocycles. The van der Waals surface area contributed by atoms with E-state index in [1.165, 1.54) is 12.1 Å². The van der Waals surface area contributed by atoms with Gasteiger partial charge in [-0.2, -0.15) is 5.10 Å². The van der Waals surface area contributed by atoms with Crippen LogP contribution in [0.4, 0.5) is 0 Å². The van der Waals surface area contributed by atoms with Crippen LogP contribution in [-0.2, 0) is 0 Å². The van der Waals surface area contributed by atoms with Crippen molar-refractivity contribution in [3.63, 3.8) is 0 Å². The Balaban J connectivity index is 1.65. The van der Waals surface area contributed by atoms with Crippen molar-refractivity contribution < 1.29 is 9.53 Å². The molecule has 3 rings (SSSR count). The van der Waals surface area contributed by atoms with E-state index in [9.17, 15) is 9.59 Å². The normalized spacial score (nSPS) is 17.5. The molecule has 2 aromatic rings. The highest BCUT2D eigenvalue weighted by Gasteiger charge is 2.29. The van der Waals surface area contributed by atoms with E-state index in [0.29, 0.717) is 19.0 Å². The summed E-state index contributed by atoms with van der Waals surface area (Å²) in [5, 5.41) is 6.02. The number of amides is 1. The molecule has 0 aromatic carbocycles. The van der Waals surface area contributed by atoms with E-state index in [2.05, 4.69) is 31.1 Å². The average Bonchev–Trinajstić information content (AvgIpc) is 2.98. The number of H-pyrrole nitrogens is 1. The average molecular weight is 365 g/mol. The van der Waals surface area contributed by atoms with Crippen LogP contribution in [0.3, 0.4) is 0 Å². The number of carbonyl (C=O) groups is 1. The maximum Gasteiger partial charge on any atom is 0.274 e. The van der Waals surface area contributed by atoms with E-state index in [4.69, 9.17) is 4.74 Å². The van der Waals surface area contributed by atoms with Gasteiger partial charge in [-0.3, -0.25) is 9.59 Å². The Bertz CT molecular complexity index is 728. The van der Waals surface area contributed by atoms with Gasteiger partial charge in [0.05, 0.1) is 11.0 Å². The summed E-state index contributed by atoms with van der Waals surface area (Å²) in [5.74, 6) is 0.298. The van der Waals surface area contributed by atoms with Crippen LogP contribution >= 0.6 is 15.9 Å². The van der Waals surface area contributed by atoms with Crippen LogP contribution in [0.25, 0.3) is 0 Å². The molecule has 1 aliphatic heterocycles. The number of rotatable bonds is 3. The summed E-state index contributed by atoms with van der Waals surface area (Å²) in [6.45, 7) is 1.04. The Kier molecular flexibility index (Phi) is 4.19. The van der Waals surface area contributed by atoms with Gasteiger partial charge in [-0.15, -0.1) is 0 Å². The number of pyridine rings is 1. The molecule has 1 unspecified atom stereocenters. The summed E-state index contributed by atoms with van der Waals surface area (Å²) in [6, 6.07) is 6.37. The lowest BCUT2D eigenvalue weighted by atomic mass is 10.3. The molecular weight excluding hydrogens is 352 g/mol. The number of aromatic amines is 1. The van der Waals surface area contributed by atoms with Gasteiger partial charge in [-0.1, -0.05) is 0 Å². The molecule has 7 nitrogen and oxygen atoms in total. The van der Waals surface area contributed by atoms with Crippen LogP contribution in [0.5, 0.6) is 5.88 Å². The van der Waals surface area contributed by atoms with E-state index >= 15 is 0 Å². The molecule has 1 fully saturated rings. The topological polar surface area (TPSA) is 88.2 Å². The zero-order valence-corrected chi connectivity index (χ0v) is 13.1. The first kappa shape index (κ1) is 14.7. The van der Waals surface area contributed by atoms with Crippen molar-refractivity contribution in [2.24, 2.45) is 0 Å². The van der Waals surface area contributed by atoms with Crippen molar-refractivity contribution >= 4 is 21.8 Å². The van der Waals surface area contributed by atoms with Gasteiger partial charge < -0.3 is 9.64 Å². The molecule has 0 saturated carbocycles. The number of aromatic nitrogens is 3. The van der Waals surface area contributed by atoms with E-state index in [1.807, 2.05) is 12.1 Å². The van der Waals surface area contributed by atoms with Gasteiger partial charge >= 0.3 is 0 Å². The lowest BCUT2D eigenvalue weighted by molar-refractivity contribution is 0.0764. The second kappa shape index (κ2) is 6.27. The Morgan fingerprint density at radius 1 is 1.41 bits per heavy atom. The van der Waals surface area contributed by atoms with Gasteiger partial charge in [0.2, 0.25) is 5.88 Å². The molecule has 0 radical (unpaired) electrons. The minimum Gasteiger partial charge on any atom is -0.472 e. The van der Waals surface area contributed by atoms with Crippen LogP contribution < -0.4 is 10.3 Å². The smallest absolute Gasteiger partial charge is 0.274 e. The van der Waals surface area contributed by atoms with E-state index in [-0.39, 0.29) is 23.3 Å². The third-order valence-corrected chi connectivity index (χ3v) is 3.94. The lowest BCUT2D eigenvalue weighted by Crippen LogP contribution is -2.32. The predicted molar refractivity (Wildman–Crippen MR) is 81.7 cm³/mol. The third kappa shape index (κ3) is 3.16. The number of nitrogens with zero attached hydrogens (tertiary/aromatic N) is 3. The summed E-state index contributed by atoms with van der Waals surface area (Å²) in [4.78, 5) is 29.1. The van der Waals surface area contributed by atoms with Crippen molar-refractivity contribution in [3.05, 3.63) is 51.0 Å². The molecule has 0 spiro atoms. The number of carbonyl (C=O) groups excluding carboxylic acids is 1. The molecule has 114 valence electrons. The molecule has 1 N–H and O–H groups in total. The molecule has 1 atom stereocenters. The molecule has 3 heterocycles. The van der Waals surface area contributed by atoms with Crippen LogP contribution in [-0.4, -0.2) is 45.2 Å². The Labute approximate surface area is 134 Å². The first-order valence-corrected chi connectivity index (χ1v) is 7.55. The van der Waals surface area contributed by atoms with Crippen molar-refractivity contribution in [3.8, 4) is 5.88 Å². The Hall–Kier alpha value is -2.22. The zero-order chi connectivity index (χ0) is 15.5. The number of hydrogen-bond acceptors (Lipinski definition) is 5. The van der Waals surface area contributed by atoms with E-state index in [0.717, 1.165) is 10.9 Å². The molecule has 1 amide bonds. The Morgan fingerprint density at radius 3 is 3.00 bits per heavy atom. The van der Waals surface area contributed by atoms with Crippen LogP contribution in [0, 0.1) is 0 Å². The number of hydrogen-bond donors (Lipinski definition) is 1. The SMILES string of the molecule is O=C(c1ccc(=O)[nH]n1)N1CCC(Oc2ncccc2Br)C1. The zero-order valence-electron chi connectivity index (χ0n) is 11.5. The summed E-state index contributed by atoms with van der Waals surface area (Å²) < 4.78 is 6.59. The predicted octanol–water partition coefficient (Wildman–Crippen LogP) is 1.22.